The van der Waals surface area contributed by atoms with E-state index in [0.717, 1.165) is 10.2 Å². The fourth-order valence-corrected chi connectivity index (χ4v) is 3.39. The Morgan fingerprint density at radius 2 is 2.00 bits per heavy atom. The molecule has 0 saturated heterocycles. The predicted octanol–water partition coefficient (Wildman–Crippen LogP) is 3.68. The molecule has 16 heavy (non-hydrogen) atoms. The van der Waals surface area contributed by atoms with Crippen LogP contribution in [0.15, 0.2) is 22.7 Å². The molecule has 2 aliphatic rings. The van der Waals surface area contributed by atoms with Gasteiger partial charge in [0.05, 0.1) is 5.92 Å². The van der Waals surface area contributed by atoms with Gasteiger partial charge in [-0.05, 0) is 42.5 Å². The van der Waals surface area contributed by atoms with Gasteiger partial charge in [-0.1, -0.05) is 28.8 Å². The van der Waals surface area contributed by atoms with Crippen molar-refractivity contribution in [3.05, 3.63) is 28.2 Å². The van der Waals surface area contributed by atoms with E-state index in [2.05, 4.69) is 27.3 Å². The molecule has 1 atom stereocenters. The first-order chi connectivity index (χ1) is 7.75. The summed E-state index contributed by atoms with van der Waals surface area (Å²) in [7, 11) is 0. The van der Waals surface area contributed by atoms with Crippen LogP contribution in [0.1, 0.15) is 37.2 Å². The number of benzene rings is 1. The van der Waals surface area contributed by atoms with Gasteiger partial charge < -0.3 is 5.32 Å². The normalized spacial score (nSPS) is 24.6. The van der Waals surface area contributed by atoms with E-state index in [0.29, 0.717) is 5.92 Å². The molecule has 1 saturated carbocycles. The molecule has 0 aromatic heterocycles. The number of hydrogen-bond donors (Lipinski definition) is 1. The summed E-state index contributed by atoms with van der Waals surface area (Å²) in [6.45, 7) is 0. The minimum absolute atomic E-state index is 0.0926. The van der Waals surface area contributed by atoms with Crippen LogP contribution in [-0.2, 0) is 4.79 Å². The second-order valence-corrected chi connectivity index (χ2v) is 5.66. The van der Waals surface area contributed by atoms with Crippen molar-refractivity contribution in [2.75, 3.05) is 5.32 Å². The molecule has 0 spiro atoms. The van der Waals surface area contributed by atoms with Gasteiger partial charge in [-0.2, -0.15) is 0 Å². The summed E-state index contributed by atoms with van der Waals surface area (Å²) in [5, 5.41) is 2.99. The maximum absolute atomic E-state index is 12.0. The lowest BCUT2D eigenvalue weighted by Gasteiger charge is -2.16. The molecular formula is C13H14BrNO. The first-order valence-corrected chi connectivity index (χ1v) is 6.65. The Kier molecular flexibility index (Phi) is 2.51. The molecule has 3 heteroatoms. The molecule has 1 aliphatic carbocycles. The number of amides is 1. The fraction of sp³-hybridized carbons (Fsp3) is 0.462. The van der Waals surface area contributed by atoms with Crippen LogP contribution in [0, 0.1) is 5.92 Å². The number of rotatable bonds is 1. The van der Waals surface area contributed by atoms with Crippen LogP contribution in [0.4, 0.5) is 5.69 Å². The summed E-state index contributed by atoms with van der Waals surface area (Å²) in [6.07, 6.45) is 4.95. The summed E-state index contributed by atoms with van der Waals surface area (Å²) in [6, 6.07) is 6.07. The number of carbonyl (C=O) groups is 1. The lowest BCUT2D eigenvalue weighted by atomic mass is 9.86. The van der Waals surface area contributed by atoms with Crippen LogP contribution in [0.25, 0.3) is 0 Å². The summed E-state index contributed by atoms with van der Waals surface area (Å²) >= 11 is 3.48. The van der Waals surface area contributed by atoms with E-state index in [1.807, 2.05) is 12.1 Å². The lowest BCUT2D eigenvalue weighted by molar-refractivity contribution is -0.118. The SMILES string of the molecule is O=C1Nc2ccc(Br)cc2C1C1CCCC1. The number of carbonyl (C=O) groups excluding carboxylic acids is 1. The van der Waals surface area contributed by atoms with Crippen LogP contribution < -0.4 is 5.32 Å². The highest BCUT2D eigenvalue weighted by atomic mass is 79.9. The van der Waals surface area contributed by atoms with Crippen molar-refractivity contribution in [1.82, 2.24) is 0 Å². The minimum Gasteiger partial charge on any atom is -0.325 e. The first-order valence-electron chi connectivity index (χ1n) is 5.86. The molecule has 0 bridgehead atoms. The van der Waals surface area contributed by atoms with E-state index in [-0.39, 0.29) is 11.8 Å². The van der Waals surface area contributed by atoms with Gasteiger partial charge in [0.2, 0.25) is 5.91 Å². The van der Waals surface area contributed by atoms with E-state index >= 15 is 0 Å². The molecule has 1 N–H and O–H groups in total. The zero-order valence-corrected chi connectivity index (χ0v) is 10.6. The molecule has 1 fully saturated rings. The molecule has 1 heterocycles. The lowest BCUT2D eigenvalue weighted by Crippen LogP contribution is -2.18. The Labute approximate surface area is 104 Å². The van der Waals surface area contributed by atoms with Crippen LogP contribution in [0.2, 0.25) is 0 Å². The predicted molar refractivity (Wildman–Crippen MR) is 67.5 cm³/mol. The van der Waals surface area contributed by atoms with Crippen molar-refractivity contribution in [2.45, 2.75) is 31.6 Å². The molecule has 3 rings (SSSR count). The number of nitrogens with one attached hydrogen (secondary N) is 1. The molecule has 1 aliphatic heterocycles. The first kappa shape index (κ1) is 10.3. The van der Waals surface area contributed by atoms with Crippen molar-refractivity contribution < 1.29 is 4.79 Å². The highest BCUT2D eigenvalue weighted by molar-refractivity contribution is 9.10. The second-order valence-electron chi connectivity index (χ2n) is 4.74. The van der Waals surface area contributed by atoms with E-state index < -0.39 is 0 Å². The Morgan fingerprint density at radius 1 is 1.25 bits per heavy atom. The Balaban J connectivity index is 2.00. The third kappa shape index (κ3) is 1.58. The number of anilines is 1. The average molecular weight is 280 g/mol. The molecule has 1 aromatic rings. The molecule has 0 radical (unpaired) electrons. The number of fused-ring (bicyclic) bond motifs is 1. The second kappa shape index (κ2) is 3.88. The smallest absolute Gasteiger partial charge is 0.232 e. The topological polar surface area (TPSA) is 29.1 Å². The van der Waals surface area contributed by atoms with Crippen LogP contribution in [0.5, 0.6) is 0 Å². The van der Waals surface area contributed by atoms with Crippen LogP contribution >= 0.6 is 15.9 Å². The van der Waals surface area contributed by atoms with Gasteiger partial charge in [-0.3, -0.25) is 4.79 Å². The summed E-state index contributed by atoms with van der Waals surface area (Å²) in [4.78, 5) is 12.0. The number of halogens is 1. The molecule has 2 nitrogen and oxygen atoms in total. The van der Waals surface area contributed by atoms with Crippen molar-refractivity contribution >= 4 is 27.5 Å². The van der Waals surface area contributed by atoms with Gasteiger partial charge in [-0.15, -0.1) is 0 Å². The summed E-state index contributed by atoms with van der Waals surface area (Å²) in [5.41, 5.74) is 2.19. The van der Waals surface area contributed by atoms with E-state index in [4.69, 9.17) is 0 Å². The van der Waals surface area contributed by atoms with Crippen molar-refractivity contribution in [3.8, 4) is 0 Å². The van der Waals surface area contributed by atoms with Crippen molar-refractivity contribution in [1.29, 1.82) is 0 Å². The Bertz CT molecular complexity index is 438. The Hall–Kier alpha value is -0.830. The molecule has 84 valence electrons. The summed E-state index contributed by atoms with van der Waals surface area (Å²) < 4.78 is 1.06. The van der Waals surface area contributed by atoms with Gasteiger partial charge >= 0.3 is 0 Å². The van der Waals surface area contributed by atoms with Gasteiger partial charge in [-0.25, -0.2) is 0 Å². The van der Waals surface area contributed by atoms with E-state index in [1.165, 1.54) is 31.2 Å². The highest BCUT2D eigenvalue weighted by Gasteiger charge is 2.37. The van der Waals surface area contributed by atoms with Gasteiger partial charge in [0.25, 0.3) is 0 Å². The Morgan fingerprint density at radius 3 is 2.75 bits per heavy atom. The fourth-order valence-electron chi connectivity index (χ4n) is 3.02. The van der Waals surface area contributed by atoms with Crippen molar-refractivity contribution in [2.24, 2.45) is 5.92 Å². The molecule has 1 amide bonds. The quantitative estimate of drug-likeness (QED) is 0.835. The zero-order chi connectivity index (χ0) is 11.1. The number of hydrogen-bond acceptors (Lipinski definition) is 1. The monoisotopic (exact) mass is 279 g/mol. The van der Waals surface area contributed by atoms with E-state index in [9.17, 15) is 4.79 Å². The van der Waals surface area contributed by atoms with Crippen LogP contribution in [-0.4, -0.2) is 5.91 Å². The third-order valence-electron chi connectivity index (χ3n) is 3.76. The molecule has 1 unspecified atom stereocenters. The molecular weight excluding hydrogens is 266 g/mol. The maximum Gasteiger partial charge on any atom is 0.232 e. The van der Waals surface area contributed by atoms with E-state index in [1.54, 1.807) is 0 Å². The van der Waals surface area contributed by atoms with Crippen LogP contribution in [0.3, 0.4) is 0 Å². The van der Waals surface area contributed by atoms with Gasteiger partial charge in [0.1, 0.15) is 0 Å². The van der Waals surface area contributed by atoms with Gasteiger partial charge in [0.15, 0.2) is 0 Å². The highest BCUT2D eigenvalue weighted by Crippen LogP contribution is 2.44. The average Bonchev–Trinajstić information content (AvgIpc) is 2.83. The van der Waals surface area contributed by atoms with Crippen molar-refractivity contribution in [3.63, 3.8) is 0 Å². The third-order valence-corrected chi connectivity index (χ3v) is 4.25. The van der Waals surface area contributed by atoms with Gasteiger partial charge in [0, 0.05) is 10.2 Å². The largest absolute Gasteiger partial charge is 0.325 e. The molecule has 1 aromatic carbocycles. The minimum atomic E-state index is 0.0926. The summed E-state index contributed by atoms with van der Waals surface area (Å²) in [5.74, 6) is 0.838. The zero-order valence-electron chi connectivity index (χ0n) is 9.00. The standard InChI is InChI=1S/C13H14BrNO/c14-9-5-6-11-10(7-9)12(13(16)15-11)8-3-1-2-4-8/h5-8,12H,1-4H2,(H,15,16). The maximum atomic E-state index is 12.0.